The molecule has 1 aliphatic rings. The fourth-order valence-electron chi connectivity index (χ4n) is 2.40. The van der Waals surface area contributed by atoms with E-state index in [1.165, 1.54) is 24.0 Å². The molecular formula is C13H14N2O. The van der Waals surface area contributed by atoms with Crippen molar-refractivity contribution in [2.24, 2.45) is 0 Å². The van der Waals surface area contributed by atoms with Gasteiger partial charge in [-0.2, -0.15) is 0 Å². The lowest BCUT2D eigenvalue weighted by atomic mass is 10.1. The molecule has 0 aliphatic heterocycles. The van der Waals surface area contributed by atoms with Crippen LogP contribution in [0.1, 0.15) is 23.2 Å². The summed E-state index contributed by atoms with van der Waals surface area (Å²) in [6.07, 6.45) is 3.54. The molecule has 0 saturated carbocycles. The van der Waals surface area contributed by atoms with Gasteiger partial charge >= 0.3 is 0 Å². The molecule has 3 nitrogen and oxygen atoms in total. The molecule has 0 atom stereocenters. The number of fused-ring (bicyclic) bond motifs is 1. The number of hydrogen-bond acceptors (Lipinski definition) is 1. The van der Waals surface area contributed by atoms with Gasteiger partial charge in [-0.1, -0.05) is 6.07 Å². The van der Waals surface area contributed by atoms with Crippen molar-refractivity contribution >= 4 is 0 Å². The van der Waals surface area contributed by atoms with Gasteiger partial charge in [0.2, 0.25) is 0 Å². The first kappa shape index (κ1) is 9.46. The van der Waals surface area contributed by atoms with Crippen molar-refractivity contribution in [2.45, 2.75) is 26.2 Å². The average Bonchev–Trinajstić information content (AvgIpc) is 2.83. The molecule has 2 aromatic rings. The second-order valence-electron chi connectivity index (χ2n) is 4.42. The highest BCUT2D eigenvalue weighted by atomic mass is 16.1. The molecule has 3 rings (SSSR count). The van der Waals surface area contributed by atoms with Crippen LogP contribution in [0.4, 0.5) is 0 Å². The number of aryl methyl sites for hydroxylation is 3. The number of H-pyrrole nitrogens is 1. The van der Waals surface area contributed by atoms with E-state index in [2.05, 4.69) is 17.2 Å². The standard InChI is InChI=1S/C13H14N2O/c1-9-7-13(16)15(14-9)12-6-5-10-3-2-4-11(10)8-12/h5-8,14H,2-4H2,1H3. The Hall–Kier alpha value is -1.77. The van der Waals surface area contributed by atoms with Crippen molar-refractivity contribution in [3.05, 3.63) is 51.4 Å². The minimum Gasteiger partial charge on any atom is -0.295 e. The molecule has 82 valence electrons. The van der Waals surface area contributed by atoms with Crippen LogP contribution in [-0.4, -0.2) is 9.78 Å². The highest BCUT2D eigenvalue weighted by Crippen LogP contribution is 2.23. The van der Waals surface area contributed by atoms with Crippen LogP contribution < -0.4 is 5.56 Å². The molecule has 1 N–H and O–H groups in total. The topological polar surface area (TPSA) is 37.8 Å². The molecule has 1 aromatic carbocycles. The molecule has 0 unspecified atom stereocenters. The summed E-state index contributed by atoms with van der Waals surface area (Å²) >= 11 is 0. The molecule has 16 heavy (non-hydrogen) atoms. The number of nitrogens with one attached hydrogen (secondary N) is 1. The zero-order valence-electron chi connectivity index (χ0n) is 9.29. The second kappa shape index (κ2) is 3.37. The number of nitrogens with zero attached hydrogens (tertiary/aromatic N) is 1. The molecule has 1 aromatic heterocycles. The smallest absolute Gasteiger partial charge is 0.271 e. The van der Waals surface area contributed by atoms with Crippen molar-refractivity contribution in [1.29, 1.82) is 0 Å². The lowest BCUT2D eigenvalue weighted by Crippen LogP contribution is -2.13. The third-order valence-corrected chi connectivity index (χ3v) is 3.19. The number of hydrogen-bond donors (Lipinski definition) is 1. The van der Waals surface area contributed by atoms with Gasteiger partial charge in [0, 0.05) is 11.8 Å². The molecule has 1 heterocycles. The van der Waals surface area contributed by atoms with E-state index in [0.29, 0.717) is 0 Å². The fourth-order valence-corrected chi connectivity index (χ4v) is 2.40. The Kier molecular flexibility index (Phi) is 1.99. The zero-order valence-corrected chi connectivity index (χ0v) is 9.29. The zero-order chi connectivity index (χ0) is 11.1. The molecule has 1 aliphatic carbocycles. The molecule has 0 saturated heterocycles. The van der Waals surface area contributed by atoms with Crippen molar-refractivity contribution < 1.29 is 0 Å². The highest BCUT2D eigenvalue weighted by Gasteiger charge is 2.12. The summed E-state index contributed by atoms with van der Waals surface area (Å²) in [5.41, 5.74) is 4.66. The highest BCUT2D eigenvalue weighted by molar-refractivity contribution is 5.42. The largest absolute Gasteiger partial charge is 0.295 e. The predicted molar refractivity (Wildman–Crippen MR) is 63.2 cm³/mol. The van der Waals surface area contributed by atoms with Gasteiger partial charge in [-0.3, -0.25) is 9.89 Å². The monoisotopic (exact) mass is 214 g/mol. The van der Waals surface area contributed by atoms with Gasteiger partial charge in [0.1, 0.15) is 0 Å². The summed E-state index contributed by atoms with van der Waals surface area (Å²) in [4.78, 5) is 11.7. The normalized spacial score (nSPS) is 14.1. The van der Waals surface area contributed by atoms with Crippen molar-refractivity contribution in [3.63, 3.8) is 0 Å². The van der Waals surface area contributed by atoms with Crippen LogP contribution >= 0.6 is 0 Å². The molecule has 0 radical (unpaired) electrons. The van der Waals surface area contributed by atoms with Crippen LogP contribution in [-0.2, 0) is 12.8 Å². The quantitative estimate of drug-likeness (QED) is 0.774. The fraction of sp³-hybridized carbons (Fsp3) is 0.308. The van der Waals surface area contributed by atoms with Crippen LogP contribution in [0.3, 0.4) is 0 Å². The van der Waals surface area contributed by atoms with Gasteiger partial charge < -0.3 is 0 Å². The van der Waals surface area contributed by atoms with Crippen LogP contribution in [0.2, 0.25) is 0 Å². The van der Waals surface area contributed by atoms with Crippen molar-refractivity contribution in [2.75, 3.05) is 0 Å². The van der Waals surface area contributed by atoms with Crippen LogP contribution in [0.5, 0.6) is 0 Å². The maximum absolute atomic E-state index is 11.7. The third-order valence-electron chi connectivity index (χ3n) is 3.19. The first-order chi connectivity index (χ1) is 7.74. The number of benzene rings is 1. The number of rotatable bonds is 1. The Morgan fingerprint density at radius 3 is 2.75 bits per heavy atom. The lowest BCUT2D eigenvalue weighted by molar-refractivity contribution is 0.833. The molecule has 0 fully saturated rings. The van der Waals surface area contributed by atoms with Crippen molar-refractivity contribution in [1.82, 2.24) is 9.78 Å². The lowest BCUT2D eigenvalue weighted by Gasteiger charge is -2.05. The molecule has 0 amide bonds. The van der Waals surface area contributed by atoms with Gasteiger partial charge in [-0.15, -0.1) is 0 Å². The van der Waals surface area contributed by atoms with Crippen LogP contribution in [0.25, 0.3) is 5.69 Å². The Morgan fingerprint density at radius 2 is 2.00 bits per heavy atom. The minimum absolute atomic E-state index is 0.00967. The summed E-state index contributed by atoms with van der Waals surface area (Å²) < 4.78 is 1.61. The van der Waals surface area contributed by atoms with Crippen LogP contribution in [0.15, 0.2) is 29.1 Å². The molecular weight excluding hydrogens is 200 g/mol. The maximum atomic E-state index is 11.7. The van der Waals surface area contributed by atoms with Gasteiger partial charge in [-0.05, 0) is 49.4 Å². The van der Waals surface area contributed by atoms with Crippen LogP contribution in [0, 0.1) is 6.92 Å². The van der Waals surface area contributed by atoms with Gasteiger partial charge in [-0.25, -0.2) is 4.68 Å². The van der Waals surface area contributed by atoms with E-state index in [1.807, 2.05) is 13.0 Å². The maximum Gasteiger partial charge on any atom is 0.271 e. The first-order valence-corrected chi connectivity index (χ1v) is 5.65. The van der Waals surface area contributed by atoms with Gasteiger partial charge in [0.15, 0.2) is 0 Å². The summed E-state index contributed by atoms with van der Waals surface area (Å²) in [5, 5.41) is 3.06. The number of aromatic amines is 1. The summed E-state index contributed by atoms with van der Waals surface area (Å²) in [6.45, 7) is 1.89. The minimum atomic E-state index is 0.00967. The Bertz CT molecular complexity index is 592. The Morgan fingerprint density at radius 1 is 1.19 bits per heavy atom. The van der Waals surface area contributed by atoms with Gasteiger partial charge in [0.25, 0.3) is 5.56 Å². The molecule has 0 spiro atoms. The third kappa shape index (κ3) is 1.40. The van der Waals surface area contributed by atoms with E-state index in [4.69, 9.17) is 0 Å². The van der Waals surface area contributed by atoms with E-state index < -0.39 is 0 Å². The summed E-state index contributed by atoms with van der Waals surface area (Å²) in [7, 11) is 0. The Labute approximate surface area is 93.7 Å². The molecule has 0 bridgehead atoms. The van der Waals surface area contributed by atoms with Gasteiger partial charge in [0.05, 0.1) is 5.69 Å². The van der Waals surface area contributed by atoms with E-state index in [-0.39, 0.29) is 5.56 Å². The van der Waals surface area contributed by atoms with E-state index in [0.717, 1.165) is 17.8 Å². The number of aromatic nitrogens is 2. The SMILES string of the molecule is Cc1cc(=O)n(-c2ccc3c(c2)CCC3)[nH]1. The second-order valence-corrected chi connectivity index (χ2v) is 4.42. The average molecular weight is 214 g/mol. The van der Waals surface area contributed by atoms with E-state index in [1.54, 1.807) is 10.7 Å². The molecule has 3 heteroatoms. The predicted octanol–water partition coefficient (Wildman–Crippen LogP) is 1.96. The van der Waals surface area contributed by atoms with Crippen molar-refractivity contribution in [3.8, 4) is 5.69 Å². The summed E-state index contributed by atoms with van der Waals surface area (Å²) in [5.74, 6) is 0. The van der Waals surface area contributed by atoms with E-state index >= 15 is 0 Å². The Balaban J connectivity index is 2.14. The first-order valence-electron chi connectivity index (χ1n) is 5.65. The van der Waals surface area contributed by atoms with E-state index in [9.17, 15) is 4.79 Å². The summed E-state index contributed by atoms with van der Waals surface area (Å²) in [6, 6.07) is 7.90.